The summed E-state index contributed by atoms with van der Waals surface area (Å²) in [7, 11) is 0. The summed E-state index contributed by atoms with van der Waals surface area (Å²) in [6, 6.07) is 18.4. The first-order chi connectivity index (χ1) is 9.40. The van der Waals surface area contributed by atoms with Gasteiger partial charge in [-0.1, -0.05) is 46.6 Å². The van der Waals surface area contributed by atoms with Gasteiger partial charge in [-0.05, 0) is 24.3 Å². The summed E-state index contributed by atoms with van der Waals surface area (Å²) in [4.78, 5) is 0. The Hall–Kier alpha value is -2.82. The summed E-state index contributed by atoms with van der Waals surface area (Å²) < 4.78 is 16.0. The molecule has 1 heterocycles. The summed E-state index contributed by atoms with van der Waals surface area (Å²) in [5, 5.41) is 7.49. The largest absolute Gasteiger partial charge is 0.422 e. The van der Waals surface area contributed by atoms with Gasteiger partial charge >= 0.3 is 12.2 Å². The lowest BCUT2D eigenvalue weighted by Gasteiger charge is -1.99. The third kappa shape index (κ3) is 2.90. The van der Waals surface area contributed by atoms with Crippen molar-refractivity contribution in [1.29, 1.82) is 0 Å². The van der Waals surface area contributed by atoms with Gasteiger partial charge in [-0.25, -0.2) is 0 Å². The number of nitrogens with zero attached hydrogens (tertiary/aromatic N) is 2. The standard InChI is InChI=1S/C14H10N2O3/c1-3-7-11(8-4-1)17-13-15-16-14(19-13)18-12-9-5-2-6-10-12/h1-10H. The molecular formula is C14H10N2O3. The fourth-order valence-electron chi connectivity index (χ4n) is 1.46. The highest BCUT2D eigenvalue weighted by Crippen LogP contribution is 2.25. The first kappa shape index (κ1) is 11.3. The summed E-state index contributed by atoms with van der Waals surface area (Å²) in [5.74, 6) is 1.25. The Morgan fingerprint density at radius 3 is 1.47 bits per heavy atom. The van der Waals surface area contributed by atoms with Gasteiger partial charge in [0.15, 0.2) is 0 Å². The molecule has 5 heteroatoms. The van der Waals surface area contributed by atoms with Crippen LogP contribution < -0.4 is 9.47 Å². The molecule has 5 nitrogen and oxygen atoms in total. The van der Waals surface area contributed by atoms with E-state index in [4.69, 9.17) is 13.9 Å². The van der Waals surface area contributed by atoms with Crippen molar-refractivity contribution >= 4 is 0 Å². The molecule has 0 saturated carbocycles. The first-order valence-electron chi connectivity index (χ1n) is 5.69. The van der Waals surface area contributed by atoms with Gasteiger partial charge in [-0.15, -0.1) is 0 Å². The minimum atomic E-state index is 0.0390. The molecule has 3 rings (SSSR count). The average molecular weight is 254 g/mol. The van der Waals surface area contributed by atoms with Crippen molar-refractivity contribution in [3.63, 3.8) is 0 Å². The highest BCUT2D eigenvalue weighted by atomic mass is 16.7. The van der Waals surface area contributed by atoms with E-state index >= 15 is 0 Å². The monoisotopic (exact) mass is 254 g/mol. The molecule has 0 spiro atoms. The number of hydrogen-bond donors (Lipinski definition) is 0. The third-order valence-electron chi connectivity index (χ3n) is 2.28. The minimum absolute atomic E-state index is 0.0390. The zero-order valence-electron chi connectivity index (χ0n) is 9.89. The van der Waals surface area contributed by atoms with E-state index in [0.29, 0.717) is 11.5 Å². The Morgan fingerprint density at radius 1 is 0.632 bits per heavy atom. The summed E-state index contributed by atoms with van der Waals surface area (Å²) in [6.45, 7) is 0. The maximum Gasteiger partial charge on any atom is 0.422 e. The zero-order valence-corrected chi connectivity index (χ0v) is 9.89. The molecule has 0 unspecified atom stereocenters. The Bertz CT molecular complexity index is 582. The number of para-hydroxylation sites is 2. The van der Waals surface area contributed by atoms with Crippen LogP contribution in [0, 0.1) is 0 Å². The van der Waals surface area contributed by atoms with Crippen LogP contribution in [-0.2, 0) is 0 Å². The van der Waals surface area contributed by atoms with Gasteiger partial charge in [0.05, 0.1) is 0 Å². The summed E-state index contributed by atoms with van der Waals surface area (Å²) in [6.07, 6.45) is 0.0780. The second-order valence-electron chi connectivity index (χ2n) is 3.66. The lowest BCUT2D eigenvalue weighted by molar-refractivity contribution is 0.272. The van der Waals surface area contributed by atoms with Crippen LogP contribution in [0.25, 0.3) is 0 Å². The maximum atomic E-state index is 5.38. The van der Waals surface area contributed by atoms with Crippen LogP contribution >= 0.6 is 0 Å². The van der Waals surface area contributed by atoms with Crippen LogP contribution in [0.2, 0.25) is 0 Å². The fourth-order valence-corrected chi connectivity index (χ4v) is 1.46. The predicted octanol–water partition coefficient (Wildman–Crippen LogP) is 3.65. The van der Waals surface area contributed by atoms with Crippen molar-refractivity contribution in [3.8, 4) is 23.7 Å². The van der Waals surface area contributed by atoms with Crippen LogP contribution in [-0.4, -0.2) is 10.2 Å². The van der Waals surface area contributed by atoms with E-state index in [2.05, 4.69) is 10.2 Å². The van der Waals surface area contributed by atoms with Gasteiger partial charge in [-0.3, -0.25) is 0 Å². The van der Waals surface area contributed by atoms with E-state index in [1.54, 1.807) is 24.3 Å². The molecule has 0 N–H and O–H groups in total. The lowest BCUT2D eigenvalue weighted by atomic mass is 10.3. The topological polar surface area (TPSA) is 57.4 Å². The van der Waals surface area contributed by atoms with Crippen LogP contribution in [0.3, 0.4) is 0 Å². The van der Waals surface area contributed by atoms with E-state index in [1.165, 1.54) is 0 Å². The van der Waals surface area contributed by atoms with Crippen molar-refractivity contribution < 1.29 is 13.9 Å². The van der Waals surface area contributed by atoms with E-state index < -0.39 is 0 Å². The third-order valence-corrected chi connectivity index (χ3v) is 2.28. The van der Waals surface area contributed by atoms with Crippen molar-refractivity contribution in [2.75, 3.05) is 0 Å². The molecule has 0 aliphatic rings. The molecule has 3 aromatic rings. The normalized spacial score (nSPS) is 10.1. The minimum Gasteiger partial charge on any atom is -0.410 e. The molecule has 19 heavy (non-hydrogen) atoms. The molecule has 94 valence electrons. The smallest absolute Gasteiger partial charge is 0.410 e. The SMILES string of the molecule is c1ccc(Oc2nnc(Oc3ccccc3)o2)cc1. The second-order valence-corrected chi connectivity index (χ2v) is 3.66. The summed E-state index contributed by atoms with van der Waals surface area (Å²) in [5.41, 5.74) is 0. The highest BCUT2D eigenvalue weighted by molar-refractivity contribution is 5.25. The molecular weight excluding hydrogens is 244 g/mol. The molecule has 0 aliphatic heterocycles. The van der Waals surface area contributed by atoms with Gasteiger partial charge in [0.1, 0.15) is 11.5 Å². The second kappa shape index (κ2) is 5.22. The van der Waals surface area contributed by atoms with Gasteiger partial charge < -0.3 is 13.9 Å². The summed E-state index contributed by atoms with van der Waals surface area (Å²) >= 11 is 0. The molecule has 0 saturated heterocycles. The molecule has 0 fully saturated rings. The van der Waals surface area contributed by atoms with Crippen molar-refractivity contribution in [2.24, 2.45) is 0 Å². The number of rotatable bonds is 4. The lowest BCUT2D eigenvalue weighted by Crippen LogP contribution is -1.82. The Morgan fingerprint density at radius 2 is 1.05 bits per heavy atom. The van der Waals surface area contributed by atoms with E-state index in [1.807, 2.05) is 36.4 Å². The molecule has 2 aromatic carbocycles. The van der Waals surface area contributed by atoms with Crippen LogP contribution in [0.15, 0.2) is 65.1 Å². The van der Waals surface area contributed by atoms with Crippen LogP contribution in [0.4, 0.5) is 0 Å². The van der Waals surface area contributed by atoms with Gasteiger partial charge in [0.25, 0.3) is 0 Å². The highest BCUT2D eigenvalue weighted by Gasteiger charge is 2.09. The van der Waals surface area contributed by atoms with Gasteiger partial charge in [-0.2, -0.15) is 0 Å². The van der Waals surface area contributed by atoms with E-state index in [9.17, 15) is 0 Å². The molecule has 0 aliphatic carbocycles. The Kier molecular flexibility index (Phi) is 3.10. The van der Waals surface area contributed by atoms with Gasteiger partial charge in [0.2, 0.25) is 0 Å². The fraction of sp³-hybridized carbons (Fsp3) is 0. The molecule has 1 aromatic heterocycles. The number of benzene rings is 2. The Balaban J connectivity index is 1.70. The Labute approximate surface area is 109 Å². The number of aromatic nitrogens is 2. The maximum absolute atomic E-state index is 5.38. The molecule has 0 amide bonds. The molecule has 0 bridgehead atoms. The average Bonchev–Trinajstić information content (AvgIpc) is 2.88. The van der Waals surface area contributed by atoms with Crippen molar-refractivity contribution in [3.05, 3.63) is 60.7 Å². The van der Waals surface area contributed by atoms with E-state index in [-0.39, 0.29) is 12.2 Å². The van der Waals surface area contributed by atoms with Crippen LogP contribution in [0.5, 0.6) is 23.7 Å². The van der Waals surface area contributed by atoms with E-state index in [0.717, 1.165) is 0 Å². The molecule has 0 radical (unpaired) electrons. The van der Waals surface area contributed by atoms with Crippen LogP contribution in [0.1, 0.15) is 0 Å². The van der Waals surface area contributed by atoms with Gasteiger partial charge in [0, 0.05) is 0 Å². The molecule has 0 atom stereocenters. The quantitative estimate of drug-likeness (QED) is 0.711. The predicted molar refractivity (Wildman–Crippen MR) is 67.3 cm³/mol. The first-order valence-corrected chi connectivity index (χ1v) is 5.69. The van der Waals surface area contributed by atoms with Crippen molar-refractivity contribution in [1.82, 2.24) is 10.2 Å². The number of ether oxygens (including phenoxy) is 2. The zero-order chi connectivity index (χ0) is 12.9. The number of hydrogen-bond acceptors (Lipinski definition) is 5. The van der Waals surface area contributed by atoms with Crippen molar-refractivity contribution in [2.45, 2.75) is 0 Å².